The second kappa shape index (κ2) is 7.32. The molecule has 4 heteroatoms. The summed E-state index contributed by atoms with van der Waals surface area (Å²) in [5.41, 5.74) is 2.54. The third kappa shape index (κ3) is 2.70. The smallest absolute Gasteiger partial charge is 0.161 e. The number of rotatable bonds is 6. The summed E-state index contributed by atoms with van der Waals surface area (Å²) in [6, 6.07) is 8.34. The first-order valence-corrected chi connectivity index (χ1v) is 8.88. The van der Waals surface area contributed by atoms with Crippen LogP contribution in [0.15, 0.2) is 24.3 Å². The molecular formula is C22H26O4. The molecule has 0 saturated carbocycles. The maximum Gasteiger partial charge on any atom is 0.161 e. The highest BCUT2D eigenvalue weighted by molar-refractivity contribution is 6.07. The van der Waals surface area contributed by atoms with Gasteiger partial charge in [-0.3, -0.25) is 0 Å². The van der Waals surface area contributed by atoms with Gasteiger partial charge in [0.1, 0.15) is 0 Å². The van der Waals surface area contributed by atoms with Crippen molar-refractivity contribution in [3.05, 3.63) is 35.4 Å². The minimum absolute atomic E-state index is 0.747. The van der Waals surface area contributed by atoms with Gasteiger partial charge in [-0.1, -0.05) is 13.8 Å². The fourth-order valence-electron chi connectivity index (χ4n) is 3.81. The second-order valence-electron chi connectivity index (χ2n) is 6.17. The zero-order valence-electron chi connectivity index (χ0n) is 16.4. The molecule has 0 unspecified atom stereocenters. The van der Waals surface area contributed by atoms with Crippen LogP contribution in [0, 0.1) is 0 Å². The Morgan fingerprint density at radius 3 is 0.885 bits per heavy atom. The Hall–Kier alpha value is -2.62. The molecule has 0 saturated heterocycles. The molecule has 3 rings (SSSR count). The Morgan fingerprint density at radius 1 is 0.500 bits per heavy atom. The SMILES string of the molecule is CCc1c2cc(OC)c(OC)cc2c(CC)c2cc(OC)c(OC)cc12. The van der Waals surface area contributed by atoms with Gasteiger partial charge in [-0.15, -0.1) is 0 Å². The summed E-state index contributed by atoms with van der Waals surface area (Å²) < 4.78 is 22.2. The molecule has 0 aliphatic heterocycles. The van der Waals surface area contributed by atoms with Crippen LogP contribution in [0.5, 0.6) is 23.0 Å². The lowest BCUT2D eigenvalue weighted by Gasteiger charge is -2.19. The summed E-state index contributed by atoms with van der Waals surface area (Å²) in [5, 5.41) is 4.78. The number of methoxy groups -OCH3 is 4. The van der Waals surface area contributed by atoms with Crippen LogP contribution in [-0.2, 0) is 12.8 Å². The van der Waals surface area contributed by atoms with Crippen molar-refractivity contribution in [1.82, 2.24) is 0 Å². The third-order valence-corrected chi connectivity index (χ3v) is 5.06. The monoisotopic (exact) mass is 354 g/mol. The van der Waals surface area contributed by atoms with Crippen LogP contribution in [0.4, 0.5) is 0 Å². The fourth-order valence-corrected chi connectivity index (χ4v) is 3.81. The fraction of sp³-hybridized carbons (Fsp3) is 0.364. The first-order chi connectivity index (χ1) is 12.6. The normalized spacial score (nSPS) is 11.0. The minimum atomic E-state index is 0.747. The molecular weight excluding hydrogens is 328 g/mol. The van der Waals surface area contributed by atoms with Crippen molar-refractivity contribution < 1.29 is 18.9 Å². The Labute approximate surface area is 154 Å². The zero-order chi connectivity index (χ0) is 18.8. The molecule has 3 aromatic carbocycles. The Kier molecular flexibility index (Phi) is 5.12. The zero-order valence-corrected chi connectivity index (χ0v) is 16.4. The van der Waals surface area contributed by atoms with E-state index in [1.807, 2.05) is 0 Å². The average Bonchev–Trinajstić information content (AvgIpc) is 2.69. The van der Waals surface area contributed by atoms with Gasteiger partial charge in [0.2, 0.25) is 0 Å². The van der Waals surface area contributed by atoms with Crippen molar-refractivity contribution in [2.24, 2.45) is 0 Å². The summed E-state index contributed by atoms with van der Waals surface area (Å²) in [6.07, 6.45) is 1.81. The summed E-state index contributed by atoms with van der Waals surface area (Å²) in [5.74, 6) is 2.99. The Balaban J connectivity index is 2.55. The maximum atomic E-state index is 5.54. The van der Waals surface area contributed by atoms with Crippen LogP contribution in [0.2, 0.25) is 0 Å². The molecule has 0 spiro atoms. The largest absolute Gasteiger partial charge is 0.493 e. The summed E-state index contributed by atoms with van der Waals surface area (Å²) in [4.78, 5) is 0. The molecule has 4 nitrogen and oxygen atoms in total. The highest BCUT2D eigenvalue weighted by Gasteiger charge is 2.18. The van der Waals surface area contributed by atoms with E-state index in [4.69, 9.17) is 18.9 Å². The molecule has 0 fully saturated rings. The van der Waals surface area contributed by atoms with Gasteiger partial charge >= 0.3 is 0 Å². The molecule has 0 N–H and O–H groups in total. The average molecular weight is 354 g/mol. The number of ether oxygens (including phenoxy) is 4. The highest BCUT2D eigenvalue weighted by Crippen LogP contribution is 2.43. The predicted molar refractivity (Wildman–Crippen MR) is 106 cm³/mol. The second-order valence-corrected chi connectivity index (χ2v) is 6.17. The number of benzene rings is 3. The summed E-state index contributed by atoms with van der Waals surface area (Å²) in [7, 11) is 6.69. The van der Waals surface area contributed by atoms with Gasteiger partial charge in [0.05, 0.1) is 28.4 Å². The quantitative estimate of drug-likeness (QED) is 0.574. The third-order valence-electron chi connectivity index (χ3n) is 5.06. The van der Waals surface area contributed by atoms with Gasteiger partial charge in [0.15, 0.2) is 23.0 Å². The lowest BCUT2D eigenvalue weighted by atomic mass is 9.89. The molecule has 0 aliphatic rings. The van der Waals surface area contributed by atoms with Gasteiger partial charge in [0, 0.05) is 0 Å². The molecule has 0 aliphatic carbocycles. The van der Waals surface area contributed by atoms with E-state index in [1.165, 1.54) is 32.7 Å². The first kappa shape index (κ1) is 18.2. The van der Waals surface area contributed by atoms with E-state index in [0.717, 1.165) is 35.8 Å². The molecule has 3 aromatic rings. The molecule has 0 amide bonds. The van der Waals surface area contributed by atoms with E-state index in [2.05, 4.69) is 38.1 Å². The van der Waals surface area contributed by atoms with E-state index in [0.29, 0.717) is 0 Å². The Bertz CT molecular complexity index is 809. The van der Waals surface area contributed by atoms with E-state index in [1.54, 1.807) is 28.4 Å². The van der Waals surface area contributed by atoms with Gasteiger partial charge < -0.3 is 18.9 Å². The molecule has 0 aromatic heterocycles. The van der Waals surface area contributed by atoms with Crippen LogP contribution in [0.25, 0.3) is 21.5 Å². The van der Waals surface area contributed by atoms with Crippen LogP contribution in [0.1, 0.15) is 25.0 Å². The number of fused-ring (bicyclic) bond motifs is 2. The van der Waals surface area contributed by atoms with Gasteiger partial charge in [-0.05, 0) is 69.8 Å². The number of hydrogen-bond donors (Lipinski definition) is 0. The Morgan fingerprint density at radius 2 is 0.731 bits per heavy atom. The summed E-state index contributed by atoms with van der Waals surface area (Å²) in [6.45, 7) is 4.35. The van der Waals surface area contributed by atoms with E-state index >= 15 is 0 Å². The van der Waals surface area contributed by atoms with Crippen molar-refractivity contribution in [3.8, 4) is 23.0 Å². The van der Waals surface area contributed by atoms with E-state index < -0.39 is 0 Å². The van der Waals surface area contributed by atoms with Crippen molar-refractivity contribution in [2.75, 3.05) is 28.4 Å². The van der Waals surface area contributed by atoms with Crippen LogP contribution in [0.3, 0.4) is 0 Å². The van der Waals surface area contributed by atoms with Crippen LogP contribution >= 0.6 is 0 Å². The molecule has 0 bridgehead atoms. The van der Waals surface area contributed by atoms with Gasteiger partial charge in [-0.25, -0.2) is 0 Å². The lowest BCUT2D eigenvalue weighted by molar-refractivity contribution is 0.355. The molecule has 138 valence electrons. The highest BCUT2D eigenvalue weighted by atomic mass is 16.5. The summed E-state index contributed by atoms with van der Waals surface area (Å²) >= 11 is 0. The first-order valence-electron chi connectivity index (χ1n) is 8.88. The number of hydrogen-bond acceptors (Lipinski definition) is 4. The molecule has 0 heterocycles. The van der Waals surface area contributed by atoms with Crippen molar-refractivity contribution in [1.29, 1.82) is 0 Å². The number of aryl methyl sites for hydroxylation is 2. The molecule has 26 heavy (non-hydrogen) atoms. The maximum absolute atomic E-state index is 5.54. The lowest BCUT2D eigenvalue weighted by Crippen LogP contribution is -1.99. The van der Waals surface area contributed by atoms with Crippen LogP contribution in [-0.4, -0.2) is 28.4 Å². The minimum Gasteiger partial charge on any atom is -0.493 e. The van der Waals surface area contributed by atoms with Gasteiger partial charge in [0.25, 0.3) is 0 Å². The van der Waals surface area contributed by atoms with Crippen molar-refractivity contribution in [3.63, 3.8) is 0 Å². The molecule has 0 radical (unpaired) electrons. The predicted octanol–water partition coefficient (Wildman–Crippen LogP) is 5.15. The van der Waals surface area contributed by atoms with Crippen molar-refractivity contribution in [2.45, 2.75) is 26.7 Å². The van der Waals surface area contributed by atoms with E-state index in [-0.39, 0.29) is 0 Å². The van der Waals surface area contributed by atoms with Crippen LogP contribution < -0.4 is 18.9 Å². The molecule has 0 atom stereocenters. The van der Waals surface area contributed by atoms with Gasteiger partial charge in [-0.2, -0.15) is 0 Å². The van der Waals surface area contributed by atoms with E-state index in [9.17, 15) is 0 Å². The standard InChI is InChI=1S/C22H26O4/c1-7-13-15-9-19(23-3)21(25-5)11-17(15)14(8-2)18-12-22(26-6)20(24-4)10-16(13)18/h9-12H,7-8H2,1-6H3. The topological polar surface area (TPSA) is 36.9 Å². The van der Waals surface area contributed by atoms with Crippen molar-refractivity contribution >= 4 is 21.5 Å².